The molecule has 1 aliphatic heterocycles. The molecule has 2 aromatic rings. The van der Waals surface area contributed by atoms with Crippen LogP contribution >= 0.6 is 0 Å². The zero-order valence-electron chi connectivity index (χ0n) is 15.0. The molecule has 0 spiro atoms. The molecule has 0 aliphatic carbocycles. The van der Waals surface area contributed by atoms with Gasteiger partial charge in [-0.05, 0) is 45.6 Å². The van der Waals surface area contributed by atoms with Gasteiger partial charge in [-0.25, -0.2) is 9.97 Å². The molecule has 1 fully saturated rings. The Bertz CT molecular complexity index is 686. The van der Waals surface area contributed by atoms with E-state index in [1.165, 1.54) is 11.1 Å². The van der Waals surface area contributed by atoms with Crippen molar-refractivity contribution in [3.05, 3.63) is 41.1 Å². The topological polar surface area (TPSA) is 55.0 Å². The summed E-state index contributed by atoms with van der Waals surface area (Å²) in [7, 11) is 0. The van der Waals surface area contributed by atoms with Crippen LogP contribution in [-0.4, -0.2) is 29.6 Å². The highest BCUT2D eigenvalue weighted by atomic mass is 15.2. The molecule has 1 saturated heterocycles. The van der Waals surface area contributed by atoms with Crippen LogP contribution in [0.3, 0.4) is 0 Å². The lowest BCUT2D eigenvalue weighted by Gasteiger charge is -2.33. The molecular weight excluding hydrogens is 296 g/mol. The summed E-state index contributed by atoms with van der Waals surface area (Å²) >= 11 is 0. The van der Waals surface area contributed by atoms with Crippen molar-refractivity contribution >= 4 is 5.82 Å². The van der Waals surface area contributed by atoms with E-state index in [-0.39, 0.29) is 0 Å². The first-order valence-electron chi connectivity index (χ1n) is 9.02. The molecule has 1 aliphatic rings. The first-order valence-corrected chi connectivity index (χ1v) is 9.02. The maximum atomic E-state index is 5.84. The maximum Gasteiger partial charge on any atom is 0.161 e. The van der Waals surface area contributed by atoms with Crippen molar-refractivity contribution < 1.29 is 0 Å². The molecule has 2 heterocycles. The first kappa shape index (κ1) is 16.9. The fraction of sp³-hybridized carbons (Fsp3) is 0.500. The highest BCUT2D eigenvalue weighted by Crippen LogP contribution is 2.29. The average molecular weight is 324 g/mol. The standard InChI is InChI=1S/C20H28N4/c1-4-18-15(3)22-19(17-7-5-14(2)6-8-17)23-20(18)24-11-9-16(13-21)10-12-24/h5-8,16H,4,9-13,21H2,1-3H3. The lowest BCUT2D eigenvalue weighted by molar-refractivity contribution is 0.412. The van der Waals surface area contributed by atoms with E-state index in [0.29, 0.717) is 5.92 Å². The van der Waals surface area contributed by atoms with E-state index in [1.54, 1.807) is 0 Å². The second-order valence-electron chi connectivity index (χ2n) is 6.82. The lowest BCUT2D eigenvalue weighted by Crippen LogP contribution is -2.37. The van der Waals surface area contributed by atoms with Gasteiger partial charge in [-0.2, -0.15) is 0 Å². The van der Waals surface area contributed by atoms with Crippen LogP contribution in [0.25, 0.3) is 11.4 Å². The minimum Gasteiger partial charge on any atom is -0.356 e. The highest BCUT2D eigenvalue weighted by Gasteiger charge is 2.22. The van der Waals surface area contributed by atoms with Crippen molar-refractivity contribution in [1.29, 1.82) is 0 Å². The lowest BCUT2D eigenvalue weighted by atomic mass is 9.96. The summed E-state index contributed by atoms with van der Waals surface area (Å²) in [5, 5.41) is 0. The third-order valence-corrected chi connectivity index (χ3v) is 5.10. The molecule has 2 N–H and O–H groups in total. The number of hydrogen-bond acceptors (Lipinski definition) is 4. The van der Waals surface area contributed by atoms with Gasteiger partial charge in [-0.3, -0.25) is 0 Å². The van der Waals surface area contributed by atoms with E-state index in [1.807, 2.05) is 0 Å². The molecule has 128 valence electrons. The Labute approximate surface area is 145 Å². The van der Waals surface area contributed by atoms with Gasteiger partial charge in [-0.1, -0.05) is 36.8 Å². The monoisotopic (exact) mass is 324 g/mol. The summed E-state index contributed by atoms with van der Waals surface area (Å²) < 4.78 is 0. The van der Waals surface area contributed by atoms with Crippen LogP contribution in [0.5, 0.6) is 0 Å². The molecular formula is C20H28N4. The Morgan fingerprint density at radius 1 is 1.08 bits per heavy atom. The Morgan fingerprint density at radius 3 is 2.33 bits per heavy atom. The second kappa shape index (κ2) is 7.31. The van der Waals surface area contributed by atoms with Gasteiger partial charge in [0.15, 0.2) is 5.82 Å². The SMILES string of the molecule is CCc1c(C)nc(-c2ccc(C)cc2)nc1N1CCC(CN)CC1. The van der Waals surface area contributed by atoms with Crippen LogP contribution in [0.4, 0.5) is 5.82 Å². The predicted octanol–water partition coefficient (Wildman–Crippen LogP) is 3.50. The molecule has 0 atom stereocenters. The summed E-state index contributed by atoms with van der Waals surface area (Å²) in [6, 6.07) is 8.46. The Hall–Kier alpha value is -1.94. The first-order chi connectivity index (χ1) is 11.6. The van der Waals surface area contributed by atoms with Crippen molar-refractivity contribution in [1.82, 2.24) is 9.97 Å². The number of aromatic nitrogens is 2. The number of anilines is 1. The van der Waals surface area contributed by atoms with E-state index in [0.717, 1.165) is 61.8 Å². The van der Waals surface area contributed by atoms with Crippen LogP contribution in [-0.2, 0) is 6.42 Å². The molecule has 3 rings (SSSR count). The van der Waals surface area contributed by atoms with Crippen LogP contribution in [0, 0.1) is 19.8 Å². The van der Waals surface area contributed by atoms with Crippen molar-refractivity contribution in [3.8, 4) is 11.4 Å². The average Bonchev–Trinajstić information content (AvgIpc) is 2.61. The smallest absolute Gasteiger partial charge is 0.161 e. The molecule has 4 heteroatoms. The zero-order valence-corrected chi connectivity index (χ0v) is 15.0. The molecule has 0 saturated carbocycles. The van der Waals surface area contributed by atoms with E-state index < -0.39 is 0 Å². The summed E-state index contributed by atoms with van der Waals surface area (Å²) in [4.78, 5) is 12.2. The Morgan fingerprint density at radius 2 is 1.75 bits per heavy atom. The van der Waals surface area contributed by atoms with Gasteiger partial charge in [0.1, 0.15) is 5.82 Å². The highest BCUT2D eigenvalue weighted by molar-refractivity contribution is 5.61. The van der Waals surface area contributed by atoms with E-state index in [4.69, 9.17) is 15.7 Å². The molecule has 0 radical (unpaired) electrons. The minimum atomic E-state index is 0.658. The molecule has 4 nitrogen and oxygen atoms in total. The van der Waals surface area contributed by atoms with Crippen molar-refractivity contribution in [2.24, 2.45) is 11.7 Å². The molecule has 0 unspecified atom stereocenters. The normalized spacial score (nSPS) is 15.8. The van der Waals surface area contributed by atoms with Gasteiger partial charge in [-0.15, -0.1) is 0 Å². The van der Waals surface area contributed by atoms with Gasteiger partial charge in [0.2, 0.25) is 0 Å². The van der Waals surface area contributed by atoms with Crippen molar-refractivity contribution in [3.63, 3.8) is 0 Å². The molecule has 24 heavy (non-hydrogen) atoms. The van der Waals surface area contributed by atoms with Crippen LogP contribution < -0.4 is 10.6 Å². The third-order valence-electron chi connectivity index (χ3n) is 5.10. The number of piperidine rings is 1. The third kappa shape index (κ3) is 3.44. The van der Waals surface area contributed by atoms with Gasteiger partial charge in [0.25, 0.3) is 0 Å². The Balaban J connectivity index is 1.96. The van der Waals surface area contributed by atoms with Crippen LogP contribution in [0.2, 0.25) is 0 Å². The van der Waals surface area contributed by atoms with Crippen molar-refractivity contribution in [2.75, 3.05) is 24.5 Å². The van der Waals surface area contributed by atoms with Crippen molar-refractivity contribution in [2.45, 2.75) is 40.0 Å². The second-order valence-corrected chi connectivity index (χ2v) is 6.82. The predicted molar refractivity (Wildman–Crippen MR) is 100 cm³/mol. The number of rotatable bonds is 4. The fourth-order valence-corrected chi connectivity index (χ4v) is 3.47. The van der Waals surface area contributed by atoms with Crippen LogP contribution in [0.1, 0.15) is 36.6 Å². The zero-order chi connectivity index (χ0) is 17.1. The maximum absolute atomic E-state index is 5.84. The number of hydrogen-bond donors (Lipinski definition) is 1. The van der Waals surface area contributed by atoms with E-state index in [2.05, 4.69) is 49.9 Å². The van der Waals surface area contributed by atoms with E-state index >= 15 is 0 Å². The summed E-state index contributed by atoms with van der Waals surface area (Å²) in [5.41, 5.74) is 10.5. The molecule has 1 aromatic heterocycles. The summed E-state index contributed by atoms with van der Waals surface area (Å²) in [6.45, 7) is 9.27. The quantitative estimate of drug-likeness (QED) is 0.935. The minimum absolute atomic E-state index is 0.658. The number of nitrogens with zero attached hydrogens (tertiary/aromatic N) is 3. The number of aryl methyl sites for hydroxylation is 2. The number of benzene rings is 1. The fourth-order valence-electron chi connectivity index (χ4n) is 3.47. The molecule has 0 amide bonds. The van der Waals surface area contributed by atoms with Crippen LogP contribution in [0.15, 0.2) is 24.3 Å². The van der Waals surface area contributed by atoms with Gasteiger partial charge in [0, 0.05) is 29.9 Å². The van der Waals surface area contributed by atoms with Gasteiger partial charge >= 0.3 is 0 Å². The summed E-state index contributed by atoms with van der Waals surface area (Å²) in [6.07, 6.45) is 3.28. The molecule has 0 bridgehead atoms. The number of nitrogens with two attached hydrogens (primary N) is 1. The largest absolute Gasteiger partial charge is 0.356 e. The van der Waals surface area contributed by atoms with Gasteiger partial charge in [0.05, 0.1) is 0 Å². The van der Waals surface area contributed by atoms with E-state index in [9.17, 15) is 0 Å². The molecule has 1 aromatic carbocycles. The summed E-state index contributed by atoms with van der Waals surface area (Å²) in [5.74, 6) is 2.61. The Kier molecular flexibility index (Phi) is 5.14. The van der Waals surface area contributed by atoms with Gasteiger partial charge < -0.3 is 10.6 Å².